The van der Waals surface area contributed by atoms with E-state index >= 15 is 0 Å². The van der Waals surface area contributed by atoms with Gasteiger partial charge in [-0.15, -0.1) is 11.6 Å². The van der Waals surface area contributed by atoms with Gasteiger partial charge in [-0.2, -0.15) is 0 Å². The van der Waals surface area contributed by atoms with E-state index in [4.69, 9.17) is 16.3 Å². The lowest BCUT2D eigenvalue weighted by Gasteiger charge is -1.95. The van der Waals surface area contributed by atoms with E-state index < -0.39 is 5.38 Å². The van der Waals surface area contributed by atoms with Crippen LogP contribution in [0.3, 0.4) is 0 Å². The molecule has 0 aliphatic carbocycles. The maximum atomic E-state index is 10.4. The van der Waals surface area contributed by atoms with Gasteiger partial charge in [0.25, 0.3) is 0 Å². The molecule has 1 heterocycles. The zero-order chi connectivity index (χ0) is 6.15. The average molecular weight is 135 g/mol. The molecule has 0 spiro atoms. The van der Waals surface area contributed by atoms with Crippen LogP contribution >= 0.6 is 11.6 Å². The largest absolute Gasteiger partial charge is 0.461 e. The number of ether oxygens (including phenoxy) is 1. The molecular formula is C5H7ClO2. The van der Waals surface area contributed by atoms with Crippen molar-refractivity contribution in [2.75, 3.05) is 0 Å². The Morgan fingerprint density at radius 3 is 2.62 bits per heavy atom. The fourth-order valence-corrected chi connectivity index (χ4v) is 1.01. The Morgan fingerprint density at radius 1 is 1.88 bits per heavy atom. The molecular weight excluding hydrogens is 128 g/mol. The summed E-state index contributed by atoms with van der Waals surface area (Å²) in [6.07, 6.45) is 0.672. The van der Waals surface area contributed by atoms with Gasteiger partial charge in [-0.1, -0.05) is 0 Å². The number of hydrogen-bond acceptors (Lipinski definition) is 2. The van der Waals surface area contributed by atoms with Crippen molar-refractivity contribution in [1.29, 1.82) is 0 Å². The summed E-state index contributed by atoms with van der Waals surface area (Å²) < 4.78 is 4.70. The Morgan fingerprint density at radius 2 is 2.50 bits per heavy atom. The summed E-state index contributed by atoms with van der Waals surface area (Å²) >= 11 is 5.48. The van der Waals surface area contributed by atoms with Gasteiger partial charge in [0, 0.05) is 6.42 Å². The fraction of sp³-hybridized carbons (Fsp3) is 0.800. The predicted octanol–water partition coefficient (Wildman–Crippen LogP) is 0.929. The molecule has 1 rings (SSSR count). The second kappa shape index (κ2) is 1.94. The summed E-state index contributed by atoms with van der Waals surface area (Å²) in [4.78, 5) is 10.4. The smallest absolute Gasteiger partial charge is 0.324 e. The number of halogens is 1. The van der Waals surface area contributed by atoms with Crippen LogP contribution in [0.4, 0.5) is 0 Å². The Balaban J connectivity index is 2.51. The van der Waals surface area contributed by atoms with E-state index in [9.17, 15) is 4.79 Å². The Kier molecular flexibility index (Phi) is 1.43. The van der Waals surface area contributed by atoms with Crippen molar-refractivity contribution in [1.82, 2.24) is 0 Å². The number of carbonyl (C=O) groups excluding carboxylic acids is 1. The van der Waals surface area contributed by atoms with E-state index in [2.05, 4.69) is 0 Å². The highest BCUT2D eigenvalue weighted by atomic mass is 35.5. The summed E-state index contributed by atoms with van der Waals surface area (Å²) in [5.74, 6) is -0.279. The number of rotatable bonds is 0. The van der Waals surface area contributed by atoms with E-state index in [1.807, 2.05) is 6.92 Å². The second-order valence-corrected chi connectivity index (χ2v) is 2.48. The molecule has 1 aliphatic rings. The van der Waals surface area contributed by atoms with Crippen LogP contribution in [0, 0.1) is 0 Å². The highest BCUT2D eigenvalue weighted by molar-refractivity contribution is 6.30. The number of esters is 1. The Hall–Kier alpha value is -0.240. The second-order valence-electron chi connectivity index (χ2n) is 1.95. The summed E-state index contributed by atoms with van der Waals surface area (Å²) in [5, 5.41) is -0.398. The molecule has 8 heavy (non-hydrogen) atoms. The average Bonchev–Trinajstić information content (AvgIpc) is 1.85. The summed E-state index contributed by atoms with van der Waals surface area (Å²) in [6.45, 7) is 1.83. The highest BCUT2D eigenvalue weighted by Crippen LogP contribution is 2.18. The van der Waals surface area contributed by atoms with Gasteiger partial charge in [0.1, 0.15) is 11.5 Å². The third kappa shape index (κ3) is 0.944. The minimum absolute atomic E-state index is 0.0185. The fourth-order valence-electron chi connectivity index (χ4n) is 0.708. The van der Waals surface area contributed by atoms with Crippen molar-refractivity contribution < 1.29 is 9.53 Å². The van der Waals surface area contributed by atoms with Crippen molar-refractivity contribution in [3.8, 4) is 0 Å². The van der Waals surface area contributed by atoms with Crippen molar-refractivity contribution in [2.45, 2.75) is 24.8 Å². The molecule has 46 valence electrons. The van der Waals surface area contributed by atoms with Crippen LogP contribution in [0.2, 0.25) is 0 Å². The van der Waals surface area contributed by atoms with Crippen LogP contribution < -0.4 is 0 Å². The predicted molar refractivity (Wildman–Crippen MR) is 29.8 cm³/mol. The number of hydrogen-bond donors (Lipinski definition) is 0. The standard InChI is InChI=1S/C5H7ClO2/c1-3-2-4(6)5(7)8-3/h3-4H,2H2,1H3/t3-,4-/m1/s1. The van der Waals surface area contributed by atoms with E-state index in [1.54, 1.807) is 0 Å². The first-order valence-corrected chi connectivity index (χ1v) is 2.98. The van der Waals surface area contributed by atoms with Crippen molar-refractivity contribution in [3.63, 3.8) is 0 Å². The topological polar surface area (TPSA) is 26.3 Å². The van der Waals surface area contributed by atoms with Crippen LogP contribution in [0.15, 0.2) is 0 Å². The van der Waals surface area contributed by atoms with Crippen LogP contribution in [-0.4, -0.2) is 17.5 Å². The molecule has 1 saturated heterocycles. The van der Waals surface area contributed by atoms with Gasteiger partial charge in [-0.05, 0) is 6.92 Å². The van der Waals surface area contributed by atoms with E-state index in [0.717, 1.165) is 0 Å². The molecule has 0 aromatic rings. The molecule has 0 aromatic carbocycles. The lowest BCUT2D eigenvalue weighted by molar-refractivity contribution is -0.140. The SMILES string of the molecule is C[C@@H]1C[C@@H](Cl)C(=O)O1. The molecule has 0 saturated carbocycles. The molecule has 0 amide bonds. The van der Waals surface area contributed by atoms with Crippen LogP contribution in [0.1, 0.15) is 13.3 Å². The van der Waals surface area contributed by atoms with Gasteiger partial charge >= 0.3 is 5.97 Å². The van der Waals surface area contributed by atoms with Crippen LogP contribution in [0.5, 0.6) is 0 Å². The minimum atomic E-state index is -0.398. The lowest BCUT2D eigenvalue weighted by atomic mass is 10.3. The molecule has 0 bridgehead atoms. The summed E-state index contributed by atoms with van der Waals surface area (Å²) in [5.41, 5.74) is 0. The van der Waals surface area contributed by atoms with Crippen LogP contribution in [0.25, 0.3) is 0 Å². The quantitative estimate of drug-likeness (QED) is 0.364. The molecule has 0 aromatic heterocycles. The van der Waals surface area contributed by atoms with Gasteiger partial charge in [0.15, 0.2) is 0 Å². The zero-order valence-electron chi connectivity index (χ0n) is 4.56. The number of alkyl halides is 1. The third-order valence-corrected chi connectivity index (χ3v) is 1.47. The van der Waals surface area contributed by atoms with E-state index in [0.29, 0.717) is 6.42 Å². The first kappa shape index (κ1) is 5.89. The maximum Gasteiger partial charge on any atom is 0.324 e. The molecule has 1 aliphatic heterocycles. The normalized spacial score (nSPS) is 37.5. The first-order chi connectivity index (χ1) is 3.70. The zero-order valence-corrected chi connectivity index (χ0v) is 5.31. The van der Waals surface area contributed by atoms with Crippen molar-refractivity contribution >= 4 is 17.6 Å². The summed E-state index contributed by atoms with van der Waals surface area (Å²) in [7, 11) is 0. The van der Waals surface area contributed by atoms with Gasteiger partial charge < -0.3 is 4.74 Å². The van der Waals surface area contributed by atoms with Gasteiger partial charge in [0.2, 0.25) is 0 Å². The van der Waals surface area contributed by atoms with Gasteiger partial charge in [-0.25, -0.2) is 0 Å². The number of carbonyl (C=O) groups is 1. The molecule has 0 N–H and O–H groups in total. The van der Waals surface area contributed by atoms with Gasteiger partial charge in [-0.3, -0.25) is 4.79 Å². The monoisotopic (exact) mass is 134 g/mol. The van der Waals surface area contributed by atoms with Crippen LogP contribution in [-0.2, 0) is 9.53 Å². The molecule has 3 heteroatoms. The van der Waals surface area contributed by atoms with Crippen molar-refractivity contribution in [2.24, 2.45) is 0 Å². The third-order valence-electron chi connectivity index (χ3n) is 1.11. The summed E-state index contributed by atoms with van der Waals surface area (Å²) in [6, 6.07) is 0. The Bertz CT molecular complexity index is 113. The molecule has 0 radical (unpaired) electrons. The first-order valence-electron chi connectivity index (χ1n) is 2.54. The molecule has 2 atom stereocenters. The molecule has 0 unspecified atom stereocenters. The minimum Gasteiger partial charge on any atom is -0.461 e. The Labute approximate surface area is 52.8 Å². The number of cyclic esters (lactones) is 1. The highest BCUT2D eigenvalue weighted by Gasteiger charge is 2.29. The van der Waals surface area contributed by atoms with Gasteiger partial charge in [0.05, 0.1) is 0 Å². The molecule has 1 fully saturated rings. The van der Waals surface area contributed by atoms with E-state index in [1.165, 1.54) is 0 Å². The van der Waals surface area contributed by atoms with Crippen molar-refractivity contribution in [3.05, 3.63) is 0 Å². The maximum absolute atomic E-state index is 10.4. The lowest BCUT2D eigenvalue weighted by Crippen LogP contribution is -2.04. The van der Waals surface area contributed by atoms with E-state index in [-0.39, 0.29) is 12.1 Å². The molecule has 2 nitrogen and oxygen atoms in total.